The number of halogens is 1. The van der Waals surface area contributed by atoms with Gasteiger partial charge in [-0.25, -0.2) is 4.39 Å². The Hall–Kier alpha value is -3.82. The maximum Gasteiger partial charge on any atom is 0.257 e. The monoisotopic (exact) mass is 470 g/mol. The quantitative estimate of drug-likeness (QED) is 0.582. The van der Waals surface area contributed by atoms with Crippen LogP contribution >= 0.6 is 0 Å². The molecule has 2 aliphatic rings. The lowest BCUT2D eigenvalue weighted by Crippen LogP contribution is -2.48. The smallest absolute Gasteiger partial charge is 0.257 e. The van der Waals surface area contributed by atoms with Crippen LogP contribution in [-0.2, 0) is 0 Å². The number of nitrogens with zero attached hydrogens (tertiary/aromatic N) is 2. The van der Waals surface area contributed by atoms with Crippen LogP contribution in [0.3, 0.4) is 0 Å². The molecule has 1 amide bonds. The second kappa shape index (κ2) is 9.44. The summed E-state index contributed by atoms with van der Waals surface area (Å²) >= 11 is 0. The van der Waals surface area contributed by atoms with Crippen LogP contribution < -0.4 is 9.64 Å². The van der Waals surface area contributed by atoms with E-state index in [0.29, 0.717) is 6.54 Å². The summed E-state index contributed by atoms with van der Waals surface area (Å²) in [5.74, 6) is 6.39. The van der Waals surface area contributed by atoms with E-state index >= 15 is 0 Å². The summed E-state index contributed by atoms with van der Waals surface area (Å²) in [5, 5.41) is 10.2. The number of amides is 1. The van der Waals surface area contributed by atoms with Crippen molar-refractivity contribution >= 4 is 11.6 Å². The number of likely N-dealkylation sites (tertiary alicyclic amines) is 1. The number of carbonyl (C=O) groups is 1. The molecule has 3 aromatic carbocycles. The number of fused-ring (bicyclic) bond motifs is 3. The number of benzene rings is 3. The average molecular weight is 471 g/mol. The molecular weight excluding hydrogens is 443 g/mol. The van der Waals surface area contributed by atoms with E-state index in [1.807, 2.05) is 49.5 Å². The Balaban J connectivity index is 1.53. The van der Waals surface area contributed by atoms with Crippen molar-refractivity contribution in [2.24, 2.45) is 5.92 Å². The molecular formula is C29H27FN2O3. The van der Waals surface area contributed by atoms with Gasteiger partial charge < -0.3 is 19.6 Å². The van der Waals surface area contributed by atoms with Crippen LogP contribution in [0, 0.1) is 23.6 Å². The first kappa shape index (κ1) is 22.9. The van der Waals surface area contributed by atoms with Gasteiger partial charge in [0.15, 0.2) is 0 Å². The summed E-state index contributed by atoms with van der Waals surface area (Å²) in [6.45, 7) is 0.492. The molecule has 0 unspecified atom stereocenters. The van der Waals surface area contributed by atoms with Crippen LogP contribution in [0.5, 0.6) is 5.75 Å². The van der Waals surface area contributed by atoms with Crippen LogP contribution in [0.2, 0.25) is 0 Å². The molecule has 6 heteroatoms. The van der Waals surface area contributed by atoms with Gasteiger partial charge in [0.25, 0.3) is 5.91 Å². The van der Waals surface area contributed by atoms with E-state index < -0.39 is 5.82 Å². The molecule has 0 bridgehead atoms. The zero-order chi connectivity index (χ0) is 24.5. The van der Waals surface area contributed by atoms with E-state index in [-0.39, 0.29) is 36.1 Å². The summed E-state index contributed by atoms with van der Waals surface area (Å²) in [5.41, 5.74) is 3.71. The Morgan fingerprint density at radius 2 is 1.80 bits per heavy atom. The van der Waals surface area contributed by atoms with Crippen LogP contribution in [-0.4, -0.2) is 49.3 Å². The van der Waals surface area contributed by atoms with Gasteiger partial charge in [0, 0.05) is 36.3 Å². The number of likely N-dealkylation sites (N-methyl/N-ethyl adjacent to an activating group) is 1. The number of hydrogen-bond acceptors (Lipinski definition) is 4. The SMILES string of the molecule is COc1ccc(C#Cc2ccc3c(c2)[C@H]2[C@H](CCN2C(=O)c2ccccc2F)[C@H](CO)N3C)cc1. The third-order valence-electron chi connectivity index (χ3n) is 7.16. The minimum atomic E-state index is -0.521. The lowest BCUT2D eigenvalue weighted by Gasteiger charge is -2.44. The highest BCUT2D eigenvalue weighted by Crippen LogP contribution is 2.49. The van der Waals surface area contributed by atoms with Gasteiger partial charge in [-0.2, -0.15) is 0 Å². The van der Waals surface area contributed by atoms with Crippen LogP contribution in [0.25, 0.3) is 0 Å². The Bertz CT molecular complexity index is 1310. The average Bonchev–Trinajstić information content (AvgIpc) is 3.33. The van der Waals surface area contributed by atoms with E-state index in [2.05, 4.69) is 16.7 Å². The maximum atomic E-state index is 14.5. The Morgan fingerprint density at radius 1 is 1.09 bits per heavy atom. The van der Waals surface area contributed by atoms with Crippen molar-refractivity contribution in [3.8, 4) is 17.6 Å². The number of anilines is 1. The molecule has 5 nitrogen and oxygen atoms in total. The first-order chi connectivity index (χ1) is 17.0. The summed E-state index contributed by atoms with van der Waals surface area (Å²) in [4.78, 5) is 17.3. The standard InChI is InChI=1S/C29H27FN2O3/c1-31-26-14-11-20(8-7-19-9-12-21(35-2)13-10-19)17-24(26)28-23(27(31)18-33)15-16-32(28)29(34)22-5-3-4-6-25(22)30/h3-6,9-14,17,23,27-28,33H,15-16,18H2,1-2H3/t23-,27+,28-/m1/s1. The molecule has 0 aromatic heterocycles. The number of hydrogen-bond donors (Lipinski definition) is 1. The lowest BCUT2D eigenvalue weighted by molar-refractivity contribution is 0.0689. The van der Waals surface area contributed by atoms with Gasteiger partial charge in [0.1, 0.15) is 11.6 Å². The predicted molar refractivity (Wildman–Crippen MR) is 133 cm³/mol. The fraction of sp³-hybridized carbons (Fsp3) is 0.276. The highest BCUT2D eigenvalue weighted by molar-refractivity contribution is 5.95. The van der Waals surface area contributed by atoms with E-state index in [0.717, 1.165) is 34.5 Å². The van der Waals surface area contributed by atoms with E-state index in [1.165, 1.54) is 12.1 Å². The van der Waals surface area contributed by atoms with Gasteiger partial charge in [-0.3, -0.25) is 4.79 Å². The lowest BCUT2D eigenvalue weighted by atomic mass is 9.81. The number of aliphatic hydroxyl groups is 1. The van der Waals surface area contributed by atoms with Crippen molar-refractivity contribution in [3.05, 3.63) is 94.8 Å². The van der Waals surface area contributed by atoms with Crippen LogP contribution in [0.4, 0.5) is 10.1 Å². The van der Waals surface area contributed by atoms with Gasteiger partial charge in [0.05, 0.1) is 31.4 Å². The number of ether oxygens (including phenoxy) is 1. The van der Waals surface area contributed by atoms with E-state index in [1.54, 1.807) is 24.1 Å². The van der Waals surface area contributed by atoms with Gasteiger partial charge in [-0.05, 0) is 66.6 Å². The molecule has 0 saturated carbocycles. The van der Waals surface area contributed by atoms with E-state index in [4.69, 9.17) is 4.74 Å². The minimum absolute atomic E-state index is 0.0160. The zero-order valence-electron chi connectivity index (χ0n) is 19.7. The Morgan fingerprint density at radius 3 is 2.51 bits per heavy atom. The van der Waals surface area contributed by atoms with Crippen molar-refractivity contribution < 1.29 is 19.0 Å². The summed E-state index contributed by atoms with van der Waals surface area (Å²) in [6, 6.07) is 19.3. The fourth-order valence-corrected chi connectivity index (χ4v) is 5.37. The third-order valence-corrected chi connectivity index (χ3v) is 7.16. The first-order valence-corrected chi connectivity index (χ1v) is 11.7. The number of carbonyl (C=O) groups excluding carboxylic acids is 1. The normalized spacial score (nSPS) is 20.5. The summed E-state index contributed by atoms with van der Waals surface area (Å²) in [7, 11) is 3.60. The second-order valence-electron chi connectivity index (χ2n) is 8.99. The van der Waals surface area contributed by atoms with Gasteiger partial charge in [0.2, 0.25) is 0 Å². The molecule has 178 valence electrons. The fourth-order valence-electron chi connectivity index (χ4n) is 5.37. The third kappa shape index (κ3) is 4.13. The number of rotatable bonds is 3. The van der Waals surface area contributed by atoms with Gasteiger partial charge in [-0.15, -0.1) is 0 Å². The van der Waals surface area contributed by atoms with Crippen LogP contribution in [0.15, 0.2) is 66.7 Å². The maximum absolute atomic E-state index is 14.5. The molecule has 2 heterocycles. The molecule has 0 spiro atoms. The van der Waals surface area contributed by atoms with Crippen molar-refractivity contribution in [2.45, 2.75) is 18.5 Å². The van der Waals surface area contributed by atoms with Crippen molar-refractivity contribution in [1.82, 2.24) is 4.90 Å². The molecule has 3 atom stereocenters. The number of aliphatic hydroxyl groups excluding tert-OH is 1. The van der Waals surface area contributed by atoms with Gasteiger partial charge >= 0.3 is 0 Å². The molecule has 0 radical (unpaired) electrons. The Labute approximate surface area is 204 Å². The molecule has 1 saturated heterocycles. The zero-order valence-corrected chi connectivity index (χ0v) is 19.7. The first-order valence-electron chi connectivity index (χ1n) is 11.7. The molecule has 1 fully saturated rings. The Kier molecular flexibility index (Phi) is 6.19. The topological polar surface area (TPSA) is 53.0 Å². The molecule has 35 heavy (non-hydrogen) atoms. The highest BCUT2D eigenvalue weighted by atomic mass is 19.1. The van der Waals surface area contributed by atoms with Crippen molar-refractivity contribution in [2.75, 3.05) is 32.2 Å². The summed E-state index contributed by atoms with van der Waals surface area (Å²) < 4.78 is 19.7. The van der Waals surface area contributed by atoms with Crippen molar-refractivity contribution in [1.29, 1.82) is 0 Å². The minimum Gasteiger partial charge on any atom is -0.497 e. The summed E-state index contributed by atoms with van der Waals surface area (Å²) in [6.07, 6.45) is 0.738. The predicted octanol–water partition coefficient (Wildman–Crippen LogP) is 4.25. The molecule has 1 N–H and O–H groups in total. The van der Waals surface area contributed by atoms with Gasteiger partial charge in [-0.1, -0.05) is 24.0 Å². The highest BCUT2D eigenvalue weighted by Gasteiger charge is 2.48. The van der Waals surface area contributed by atoms with Crippen LogP contribution in [0.1, 0.15) is 39.5 Å². The second-order valence-corrected chi connectivity index (χ2v) is 8.99. The van der Waals surface area contributed by atoms with Crippen molar-refractivity contribution in [3.63, 3.8) is 0 Å². The van der Waals surface area contributed by atoms with E-state index in [9.17, 15) is 14.3 Å². The molecule has 2 aliphatic heterocycles. The number of methoxy groups -OCH3 is 1. The molecule has 3 aromatic rings. The largest absolute Gasteiger partial charge is 0.497 e. The molecule has 0 aliphatic carbocycles. The molecule has 5 rings (SSSR count).